The van der Waals surface area contributed by atoms with Gasteiger partial charge in [-0.05, 0) is 25.3 Å². The largest absolute Gasteiger partial charge is 0.374 e. The summed E-state index contributed by atoms with van der Waals surface area (Å²) in [6.07, 6.45) is 1.15. The molecule has 1 unspecified atom stereocenters. The Labute approximate surface area is 137 Å². The van der Waals surface area contributed by atoms with Crippen LogP contribution < -0.4 is 0 Å². The number of hydrogen-bond acceptors (Lipinski definition) is 4. The van der Waals surface area contributed by atoms with Gasteiger partial charge in [0, 0.05) is 32.7 Å². The van der Waals surface area contributed by atoms with Gasteiger partial charge in [0.2, 0.25) is 0 Å². The first-order valence-electron chi connectivity index (χ1n) is 8.00. The van der Waals surface area contributed by atoms with E-state index >= 15 is 0 Å². The van der Waals surface area contributed by atoms with Crippen molar-refractivity contribution >= 4 is 10.4 Å². The van der Waals surface area contributed by atoms with Crippen molar-refractivity contribution in [3.63, 3.8) is 0 Å². The summed E-state index contributed by atoms with van der Waals surface area (Å²) in [7, 11) is -4.59. The fourth-order valence-electron chi connectivity index (χ4n) is 3.69. The van der Waals surface area contributed by atoms with Crippen molar-refractivity contribution in [1.29, 1.82) is 0 Å². The molecule has 3 rings (SSSR count). The quantitative estimate of drug-likeness (QED) is 0.788. The van der Waals surface area contributed by atoms with Crippen LogP contribution in [0.2, 0.25) is 0 Å². The molecular weight excluding hydrogens is 319 g/mol. The van der Waals surface area contributed by atoms with Crippen LogP contribution in [0.4, 0.5) is 3.89 Å². The molecule has 1 atom stereocenters. The Bertz CT molecular complexity index is 630. The average Bonchev–Trinajstić information content (AvgIpc) is 2.47. The first-order valence-corrected chi connectivity index (χ1v) is 9.34. The highest BCUT2D eigenvalue weighted by molar-refractivity contribution is 7.83. The van der Waals surface area contributed by atoms with Crippen LogP contribution in [0.1, 0.15) is 25.3 Å². The Morgan fingerprint density at radius 3 is 2.52 bits per heavy atom. The van der Waals surface area contributed by atoms with Gasteiger partial charge in [-0.15, -0.1) is 0 Å². The lowest BCUT2D eigenvalue weighted by Crippen LogP contribution is -2.59. The third-order valence-corrected chi connectivity index (χ3v) is 5.65. The normalized spacial score (nSPS) is 26.4. The second-order valence-electron chi connectivity index (χ2n) is 6.61. The van der Waals surface area contributed by atoms with E-state index in [1.54, 1.807) is 0 Å². The van der Waals surface area contributed by atoms with Gasteiger partial charge in [-0.3, -0.25) is 4.90 Å². The molecule has 2 aliphatic heterocycles. The molecule has 2 saturated heterocycles. The second kappa shape index (κ2) is 6.47. The lowest BCUT2D eigenvalue weighted by molar-refractivity contribution is -0.167. The van der Waals surface area contributed by atoms with Crippen LogP contribution in [0.25, 0.3) is 0 Å². The molecule has 2 fully saturated rings. The van der Waals surface area contributed by atoms with Crippen LogP contribution in [-0.2, 0) is 21.7 Å². The van der Waals surface area contributed by atoms with Gasteiger partial charge in [0.1, 0.15) is 0 Å². The van der Waals surface area contributed by atoms with Gasteiger partial charge < -0.3 is 4.74 Å². The Morgan fingerprint density at radius 1 is 1.26 bits per heavy atom. The molecule has 5 nitrogen and oxygen atoms in total. The number of ether oxygens (including phenoxy) is 1. The predicted octanol–water partition coefficient (Wildman–Crippen LogP) is 1.96. The third kappa shape index (κ3) is 4.09. The number of hydrogen-bond donors (Lipinski definition) is 0. The van der Waals surface area contributed by atoms with Crippen molar-refractivity contribution < 1.29 is 17.0 Å². The molecule has 0 radical (unpaired) electrons. The molecule has 2 aliphatic rings. The van der Waals surface area contributed by atoms with E-state index in [-0.39, 0.29) is 24.8 Å². The van der Waals surface area contributed by atoms with E-state index in [0.717, 1.165) is 23.9 Å². The maximum atomic E-state index is 13.1. The molecule has 0 N–H and O–H groups in total. The van der Waals surface area contributed by atoms with Gasteiger partial charge in [-0.25, -0.2) is 0 Å². The van der Waals surface area contributed by atoms with E-state index < -0.39 is 10.4 Å². The van der Waals surface area contributed by atoms with Crippen molar-refractivity contribution in [2.45, 2.75) is 38.0 Å². The van der Waals surface area contributed by atoms with Crippen LogP contribution in [0.5, 0.6) is 0 Å². The van der Waals surface area contributed by atoms with Gasteiger partial charge in [0.25, 0.3) is 0 Å². The van der Waals surface area contributed by atoms with E-state index in [1.165, 1.54) is 5.56 Å². The molecule has 0 amide bonds. The third-order valence-electron chi connectivity index (χ3n) is 4.67. The van der Waals surface area contributed by atoms with Crippen molar-refractivity contribution in [3.05, 3.63) is 35.9 Å². The van der Waals surface area contributed by atoms with E-state index in [2.05, 4.69) is 17.0 Å². The highest BCUT2D eigenvalue weighted by atomic mass is 32.3. The Morgan fingerprint density at radius 2 is 1.91 bits per heavy atom. The number of piperidine rings is 1. The number of benzene rings is 1. The molecule has 0 aliphatic carbocycles. The van der Waals surface area contributed by atoms with Crippen LogP contribution in [-0.4, -0.2) is 55.5 Å². The first kappa shape index (κ1) is 16.8. The van der Waals surface area contributed by atoms with Crippen LogP contribution >= 0.6 is 0 Å². The Hall–Kier alpha value is -1.02. The van der Waals surface area contributed by atoms with E-state index in [1.807, 2.05) is 25.1 Å². The highest BCUT2D eigenvalue weighted by Gasteiger charge is 2.43. The number of morpholine rings is 1. The zero-order valence-electron chi connectivity index (χ0n) is 13.3. The van der Waals surface area contributed by atoms with Gasteiger partial charge in [-0.1, -0.05) is 34.2 Å². The minimum atomic E-state index is -4.59. The molecule has 23 heavy (non-hydrogen) atoms. The molecule has 0 bridgehead atoms. The smallest absolute Gasteiger partial charge is 0.369 e. The maximum Gasteiger partial charge on any atom is 0.374 e. The molecular formula is C16H23FN2O3S. The van der Waals surface area contributed by atoms with E-state index in [0.29, 0.717) is 12.8 Å². The SMILES string of the molecule is CC1CN(Cc2ccccc2)CC2(CCN(S(=O)(=O)F)CC2)O1. The monoisotopic (exact) mass is 342 g/mol. The Balaban J connectivity index is 1.67. The summed E-state index contributed by atoms with van der Waals surface area (Å²) in [5.74, 6) is 0. The number of nitrogens with zero attached hydrogens (tertiary/aromatic N) is 2. The van der Waals surface area contributed by atoms with Crippen LogP contribution in [0.3, 0.4) is 0 Å². The predicted molar refractivity (Wildman–Crippen MR) is 85.8 cm³/mol. The summed E-state index contributed by atoms with van der Waals surface area (Å²) < 4.78 is 42.3. The fourth-order valence-corrected chi connectivity index (χ4v) is 4.31. The van der Waals surface area contributed by atoms with Crippen LogP contribution in [0, 0.1) is 0 Å². The fraction of sp³-hybridized carbons (Fsp3) is 0.625. The molecule has 1 aromatic rings. The minimum absolute atomic E-state index is 0.0843. The topological polar surface area (TPSA) is 49.9 Å². The molecule has 0 saturated carbocycles. The summed E-state index contributed by atoms with van der Waals surface area (Å²) in [5, 5.41) is 0. The molecule has 2 heterocycles. The summed E-state index contributed by atoms with van der Waals surface area (Å²) in [4.78, 5) is 2.35. The molecule has 1 aromatic carbocycles. The van der Waals surface area contributed by atoms with Gasteiger partial charge in [0.05, 0.1) is 11.7 Å². The summed E-state index contributed by atoms with van der Waals surface area (Å²) in [6, 6.07) is 10.3. The molecule has 0 aromatic heterocycles. The van der Waals surface area contributed by atoms with Crippen molar-refractivity contribution in [2.24, 2.45) is 0 Å². The second-order valence-corrected chi connectivity index (χ2v) is 7.95. The number of halogens is 1. The standard InChI is InChI=1S/C16H23FN2O3S/c1-14-11-18(12-15-5-3-2-4-6-15)13-16(22-14)7-9-19(10-8-16)23(17,20)21/h2-6,14H,7-13H2,1H3. The summed E-state index contributed by atoms with van der Waals surface area (Å²) in [5.41, 5.74) is 0.883. The average molecular weight is 342 g/mol. The van der Waals surface area contributed by atoms with Gasteiger partial charge in [0.15, 0.2) is 0 Å². The van der Waals surface area contributed by atoms with Crippen molar-refractivity contribution in [3.8, 4) is 0 Å². The first-order chi connectivity index (χ1) is 10.9. The minimum Gasteiger partial charge on any atom is -0.369 e. The highest BCUT2D eigenvalue weighted by Crippen LogP contribution is 2.33. The van der Waals surface area contributed by atoms with Gasteiger partial charge >= 0.3 is 10.4 Å². The zero-order chi connectivity index (χ0) is 16.5. The van der Waals surface area contributed by atoms with E-state index in [9.17, 15) is 12.3 Å². The van der Waals surface area contributed by atoms with Crippen LogP contribution in [0.15, 0.2) is 30.3 Å². The van der Waals surface area contributed by atoms with Crippen molar-refractivity contribution in [1.82, 2.24) is 9.21 Å². The number of rotatable bonds is 3. The Kier molecular flexibility index (Phi) is 4.73. The lowest BCUT2D eigenvalue weighted by Gasteiger charge is -2.48. The molecule has 1 spiro atoms. The van der Waals surface area contributed by atoms with Crippen molar-refractivity contribution in [2.75, 3.05) is 26.2 Å². The lowest BCUT2D eigenvalue weighted by atomic mass is 9.89. The molecule has 7 heteroatoms. The zero-order valence-corrected chi connectivity index (χ0v) is 14.1. The van der Waals surface area contributed by atoms with Gasteiger partial charge in [-0.2, -0.15) is 12.7 Å². The van der Waals surface area contributed by atoms with E-state index in [4.69, 9.17) is 4.74 Å². The molecule has 128 valence electrons. The summed E-state index contributed by atoms with van der Waals surface area (Å²) >= 11 is 0. The summed E-state index contributed by atoms with van der Waals surface area (Å²) in [6.45, 7) is 4.86. The maximum absolute atomic E-state index is 13.1.